The third-order valence-electron chi connectivity index (χ3n) is 2.39. The Morgan fingerprint density at radius 2 is 2.26 bits per heavy atom. The van der Waals surface area contributed by atoms with E-state index in [4.69, 9.17) is 0 Å². The van der Waals surface area contributed by atoms with Crippen LogP contribution in [0.5, 0.6) is 0 Å². The highest BCUT2D eigenvalue weighted by Crippen LogP contribution is 2.09. The number of hydrogen-bond donors (Lipinski definition) is 3. The number of aromatic amines is 1. The van der Waals surface area contributed by atoms with E-state index in [1.54, 1.807) is 23.1 Å². The molecule has 19 heavy (non-hydrogen) atoms. The number of carbonyl (C=O) groups excluding carboxylic acids is 1. The van der Waals surface area contributed by atoms with E-state index in [2.05, 4.69) is 39.8 Å². The number of nitrogens with one attached hydrogen (secondary N) is 3. The van der Waals surface area contributed by atoms with Crippen LogP contribution in [0.2, 0.25) is 0 Å². The van der Waals surface area contributed by atoms with Gasteiger partial charge in [0, 0.05) is 24.5 Å². The summed E-state index contributed by atoms with van der Waals surface area (Å²) in [7, 11) is 0. The van der Waals surface area contributed by atoms with Gasteiger partial charge in [-0.05, 0) is 12.8 Å². The molecule has 0 unspecified atom stereocenters. The van der Waals surface area contributed by atoms with Gasteiger partial charge in [-0.15, -0.1) is 0 Å². The van der Waals surface area contributed by atoms with Gasteiger partial charge < -0.3 is 5.32 Å². The number of anilines is 2. The van der Waals surface area contributed by atoms with Crippen LogP contribution in [0.4, 0.5) is 16.3 Å². The monoisotopic (exact) mass is 262 g/mol. The fraction of sp³-hybridized carbons (Fsp3) is 0.417. The lowest BCUT2D eigenvalue weighted by atomic mass is 10.2. The first-order valence-corrected chi connectivity index (χ1v) is 6.15. The van der Waals surface area contributed by atoms with Crippen LogP contribution in [-0.4, -0.2) is 26.0 Å². The second-order valence-electron chi connectivity index (χ2n) is 4.86. The van der Waals surface area contributed by atoms with Crippen molar-refractivity contribution in [1.82, 2.24) is 20.0 Å². The van der Waals surface area contributed by atoms with E-state index in [1.807, 2.05) is 6.92 Å². The van der Waals surface area contributed by atoms with Gasteiger partial charge in [0.25, 0.3) is 0 Å². The third kappa shape index (κ3) is 3.84. The molecule has 0 spiro atoms. The van der Waals surface area contributed by atoms with Crippen molar-refractivity contribution in [3.8, 4) is 0 Å². The van der Waals surface area contributed by atoms with Crippen LogP contribution in [-0.2, 0) is 6.54 Å². The number of urea groups is 1. The third-order valence-corrected chi connectivity index (χ3v) is 2.39. The SMILES string of the molecule is Cc1cc(NC(=O)Nc2cnn(CC(C)C)c2)n[nH]1. The maximum Gasteiger partial charge on any atom is 0.324 e. The van der Waals surface area contributed by atoms with Crippen molar-refractivity contribution in [2.75, 3.05) is 10.6 Å². The van der Waals surface area contributed by atoms with Gasteiger partial charge in [-0.2, -0.15) is 10.2 Å². The van der Waals surface area contributed by atoms with Gasteiger partial charge in [-0.3, -0.25) is 15.1 Å². The molecule has 7 nitrogen and oxygen atoms in total. The maximum atomic E-state index is 11.7. The minimum atomic E-state index is -0.337. The minimum absolute atomic E-state index is 0.337. The molecule has 3 N–H and O–H groups in total. The van der Waals surface area contributed by atoms with Gasteiger partial charge in [-0.25, -0.2) is 4.79 Å². The Bertz CT molecular complexity index is 556. The standard InChI is InChI=1S/C12H18N6O/c1-8(2)6-18-7-10(5-13-18)14-12(19)15-11-4-9(3)16-17-11/h4-5,7-8H,6H2,1-3H3,(H3,14,15,16,17,19). The van der Waals surface area contributed by atoms with E-state index >= 15 is 0 Å². The quantitative estimate of drug-likeness (QED) is 0.789. The highest BCUT2D eigenvalue weighted by atomic mass is 16.2. The molecule has 2 heterocycles. The van der Waals surface area contributed by atoms with Crippen LogP contribution in [0.25, 0.3) is 0 Å². The first-order chi connectivity index (χ1) is 9.02. The summed E-state index contributed by atoms with van der Waals surface area (Å²) in [4.78, 5) is 11.7. The van der Waals surface area contributed by atoms with E-state index < -0.39 is 0 Å². The van der Waals surface area contributed by atoms with Gasteiger partial charge in [0.1, 0.15) is 0 Å². The number of carbonyl (C=O) groups is 1. The number of rotatable bonds is 4. The van der Waals surface area contributed by atoms with Crippen molar-refractivity contribution in [2.45, 2.75) is 27.3 Å². The number of amides is 2. The average Bonchev–Trinajstić information content (AvgIpc) is 2.88. The number of H-pyrrole nitrogens is 1. The molecule has 0 saturated carbocycles. The Kier molecular flexibility index (Phi) is 3.84. The first-order valence-electron chi connectivity index (χ1n) is 6.15. The molecule has 0 aliphatic heterocycles. The van der Waals surface area contributed by atoms with Crippen LogP contribution >= 0.6 is 0 Å². The summed E-state index contributed by atoms with van der Waals surface area (Å²) >= 11 is 0. The van der Waals surface area contributed by atoms with Gasteiger partial charge >= 0.3 is 6.03 Å². The molecule has 102 valence electrons. The topological polar surface area (TPSA) is 87.6 Å². The van der Waals surface area contributed by atoms with Crippen LogP contribution in [0.1, 0.15) is 19.5 Å². The fourth-order valence-electron chi connectivity index (χ4n) is 1.66. The maximum absolute atomic E-state index is 11.7. The average molecular weight is 262 g/mol. The number of hydrogen-bond acceptors (Lipinski definition) is 3. The number of aryl methyl sites for hydroxylation is 1. The van der Waals surface area contributed by atoms with Gasteiger partial charge in [0.2, 0.25) is 0 Å². The summed E-state index contributed by atoms with van der Waals surface area (Å²) in [5.41, 5.74) is 1.55. The van der Waals surface area contributed by atoms with Crippen molar-refractivity contribution in [3.05, 3.63) is 24.2 Å². The first kappa shape index (κ1) is 13.1. The smallest absolute Gasteiger partial charge is 0.305 e. The van der Waals surface area contributed by atoms with Crippen LogP contribution < -0.4 is 10.6 Å². The van der Waals surface area contributed by atoms with Crippen molar-refractivity contribution in [3.63, 3.8) is 0 Å². The summed E-state index contributed by atoms with van der Waals surface area (Å²) < 4.78 is 1.80. The largest absolute Gasteiger partial charge is 0.324 e. The molecule has 0 aliphatic carbocycles. The lowest BCUT2D eigenvalue weighted by Crippen LogP contribution is -2.19. The highest BCUT2D eigenvalue weighted by molar-refractivity contribution is 5.98. The normalized spacial score (nSPS) is 10.7. The number of aromatic nitrogens is 4. The Balaban J connectivity index is 1.90. The minimum Gasteiger partial charge on any atom is -0.305 e. The van der Waals surface area contributed by atoms with E-state index in [9.17, 15) is 4.79 Å². The van der Waals surface area contributed by atoms with Crippen molar-refractivity contribution in [2.24, 2.45) is 5.92 Å². The van der Waals surface area contributed by atoms with Gasteiger partial charge in [0.15, 0.2) is 5.82 Å². The molecule has 2 aromatic rings. The molecule has 2 rings (SSSR count). The van der Waals surface area contributed by atoms with Crippen LogP contribution in [0.3, 0.4) is 0 Å². The van der Waals surface area contributed by atoms with E-state index in [0.717, 1.165) is 12.2 Å². The van der Waals surface area contributed by atoms with Crippen molar-refractivity contribution < 1.29 is 4.79 Å². The van der Waals surface area contributed by atoms with E-state index in [0.29, 0.717) is 17.4 Å². The molecule has 0 aromatic carbocycles. The summed E-state index contributed by atoms with van der Waals surface area (Å²) in [5, 5.41) is 16.2. The lowest BCUT2D eigenvalue weighted by molar-refractivity contribution is 0.262. The van der Waals surface area contributed by atoms with Crippen molar-refractivity contribution >= 4 is 17.5 Å². The zero-order valence-corrected chi connectivity index (χ0v) is 11.3. The zero-order valence-electron chi connectivity index (χ0n) is 11.3. The Labute approximate surface area is 111 Å². The molecule has 0 fully saturated rings. The Hall–Kier alpha value is -2.31. The summed E-state index contributed by atoms with van der Waals surface area (Å²) in [5.74, 6) is 0.998. The Morgan fingerprint density at radius 3 is 2.89 bits per heavy atom. The molecule has 0 saturated heterocycles. The molecule has 2 amide bonds. The summed E-state index contributed by atoms with van der Waals surface area (Å²) in [6.07, 6.45) is 3.42. The van der Waals surface area contributed by atoms with Crippen LogP contribution in [0.15, 0.2) is 18.5 Å². The predicted molar refractivity (Wildman–Crippen MR) is 73.0 cm³/mol. The number of nitrogens with zero attached hydrogens (tertiary/aromatic N) is 3. The molecule has 0 radical (unpaired) electrons. The second kappa shape index (κ2) is 5.55. The van der Waals surface area contributed by atoms with Crippen LogP contribution in [0, 0.1) is 12.8 Å². The molecule has 0 aliphatic rings. The predicted octanol–water partition coefficient (Wildman–Crippen LogP) is 2.21. The molecule has 0 atom stereocenters. The second-order valence-corrected chi connectivity index (χ2v) is 4.86. The molecular formula is C12H18N6O. The van der Waals surface area contributed by atoms with Gasteiger partial charge in [-0.1, -0.05) is 13.8 Å². The van der Waals surface area contributed by atoms with Gasteiger partial charge in [0.05, 0.1) is 11.9 Å². The molecule has 7 heteroatoms. The van der Waals surface area contributed by atoms with E-state index in [-0.39, 0.29) is 6.03 Å². The fourth-order valence-corrected chi connectivity index (χ4v) is 1.66. The Morgan fingerprint density at radius 1 is 1.47 bits per heavy atom. The molecular weight excluding hydrogens is 244 g/mol. The highest BCUT2D eigenvalue weighted by Gasteiger charge is 2.07. The summed E-state index contributed by atoms with van der Waals surface area (Å²) in [6, 6.07) is 1.41. The molecule has 0 bridgehead atoms. The van der Waals surface area contributed by atoms with Crippen molar-refractivity contribution in [1.29, 1.82) is 0 Å². The molecule has 2 aromatic heterocycles. The zero-order chi connectivity index (χ0) is 13.8. The summed E-state index contributed by atoms with van der Waals surface area (Å²) in [6.45, 7) is 6.91. The van der Waals surface area contributed by atoms with E-state index in [1.165, 1.54) is 0 Å². The lowest BCUT2D eigenvalue weighted by Gasteiger charge is -2.04.